The van der Waals surface area contributed by atoms with Gasteiger partial charge >= 0.3 is 6.09 Å². The summed E-state index contributed by atoms with van der Waals surface area (Å²) in [6.07, 6.45) is 1.79. The molecule has 0 bridgehead atoms. The Kier molecular flexibility index (Phi) is 4.83. The number of rotatable bonds is 4. The van der Waals surface area contributed by atoms with Crippen LogP contribution in [0.4, 0.5) is 4.79 Å². The second kappa shape index (κ2) is 6.73. The first-order chi connectivity index (χ1) is 11.4. The van der Waals surface area contributed by atoms with Crippen molar-refractivity contribution in [1.82, 2.24) is 10.2 Å². The minimum Gasteiger partial charge on any atom is -0.444 e. The van der Waals surface area contributed by atoms with E-state index < -0.39 is 5.60 Å². The van der Waals surface area contributed by atoms with Crippen molar-refractivity contribution in [2.24, 2.45) is 0 Å². The second-order valence-corrected chi connectivity index (χ2v) is 7.82. The van der Waals surface area contributed by atoms with E-state index in [1.165, 1.54) is 5.56 Å². The molecule has 0 unspecified atom stereocenters. The van der Waals surface area contributed by atoms with Crippen molar-refractivity contribution in [1.29, 1.82) is 0 Å². The molecular weight excluding hydrogens is 304 g/mol. The van der Waals surface area contributed by atoms with Crippen LogP contribution < -0.4 is 5.32 Å². The molecule has 2 saturated heterocycles. The van der Waals surface area contributed by atoms with Crippen LogP contribution in [0.3, 0.4) is 0 Å². The van der Waals surface area contributed by atoms with Crippen LogP contribution >= 0.6 is 0 Å². The van der Waals surface area contributed by atoms with Gasteiger partial charge in [-0.15, -0.1) is 0 Å². The van der Waals surface area contributed by atoms with Crippen molar-refractivity contribution >= 4 is 6.09 Å². The van der Waals surface area contributed by atoms with Crippen LogP contribution in [-0.2, 0) is 16.0 Å². The highest BCUT2D eigenvalue weighted by molar-refractivity contribution is 5.69. The first-order valence-corrected chi connectivity index (χ1v) is 8.76. The highest BCUT2D eigenvalue weighted by Crippen LogP contribution is 2.34. The van der Waals surface area contributed by atoms with Gasteiger partial charge in [-0.05, 0) is 39.2 Å². The summed E-state index contributed by atoms with van der Waals surface area (Å²) in [5, 5.41) is 3.66. The molecule has 1 N–H and O–H groups in total. The maximum Gasteiger partial charge on any atom is 0.410 e. The topological polar surface area (TPSA) is 50.8 Å². The second-order valence-electron chi connectivity index (χ2n) is 7.82. The summed E-state index contributed by atoms with van der Waals surface area (Å²) >= 11 is 0. The van der Waals surface area contributed by atoms with E-state index in [1.54, 1.807) is 0 Å². The van der Waals surface area contributed by atoms with Gasteiger partial charge in [0, 0.05) is 13.1 Å². The van der Waals surface area contributed by atoms with E-state index in [1.807, 2.05) is 43.9 Å². The van der Waals surface area contributed by atoms with Crippen LogP contribution in [0.5, 0.6) is 0 Å². The van der Waals surface area contributed by atoms with Crippen LogP contribution in [0.25, 0.3) is 0 Å². The maximum atomic E-state index is 12.6. The Morgan fingerprint density at radius 1 is 1.33 bits per heavy atom. The molecular formula is C19H28N2O3. The Morgan fingerprint density at radius 3 is 2.62 bits per heavy atom. The molecule has 0 radical (unpaired) electrons. The van der Waals surface area contributed by atoms with E-state index in [9.17, 15) is 4.79 Å². The van der Waals surface area contributed by atoms with E-state index in [2.05, 4.69) is 17.4 Å². The Labute approximate surface area is 144 Å². The minimum absolute atomic E-state index is 0.129. The normalized spacial score (nSPS) is 23.0. The quantitative estimate of drug-likeness (QED) is 0.921. The number of hydrogen-bond donors (Lipinski definition) is 1. The SMILES string of the molecule is CC(C)(C)OC(=O)N1CCC[C@@H]1C1(NCc2ccccc2)COC1. The molecule has 1 atom stereocenters. The van der Waals surface area contributed by atoms with Crippen LogP contribution in [0, 0.1) is 0 Å². The minimum atomic E-state index is -0.467. The molecule has 132 valence electrons. The fourth-order valence-electron chi connectivity index (χ4n) is 3.49. The molecule has 2 heterocycles. The largest absolute Gasteiger partial charge is 0.444 e. The number of amides is 1. The number of carbonyl (C=O) groups is 1. The van der Waals surface area contributed by atoms with Crippen molar-refractivity contribution in [2.45, 2.75) is 57.3 Å². The molecule has 2 fully saturated rings. The predicted octanol–water partition coefficient (Wildman–Crippen LogP) is 2.94. The summed E-state index contributed by atoms with van der Waals surface area (Å²) in [5.74, 6) is 0. The number of nitrogens with one attached hydrogen (secondary N) is 1. The van der Waals surface area contributed by atoms with Gasteiger partial charge in [-0.1, -0.05) is 30.3 Å². The average molecular weight is 332 g/mol. The molecule has 1 aromatic carbocycles. The van der Waals surface area contributed by atoms with Crippen molar-refractivity contribution in [3.63, 3.8) is 0 Å². The summed E-state index contributed by atoms with van der Waals surface area (Å²) in [6.45, 7) is 8.55. The molecule has 3 rings (SSSR count). The van der Waals surface area contributed by atoms with Gasteiger partial charge in [-0.2, -0.15) is 0 Å². The van der Waals surface area contributed by atoms with Gasteiger partial charge in [0.25, 0.3) is 0 Å². The predicted molar refractivity (Wildman–Crippen MR) is 92.8 cm³/mol. The van der Waals surface area contributed by atoms with Gasteiger partial charge < -0.3 is 19.7 Å². The lowest BCUT2D eigenvalue weighted by Crippen LogP contribution is -2.70. The van der Waals surface area contributed by atoms with E-state index >= 15 is 0 Å². The van der Waals surface area contributed by atoms with Gasteiger partial charge in [0.05, 0.1) is 24.8 Å². The molecule has 24 heavy (non-hydrogen) atoms. The highest BCUT2D eigenvalue weighted by Gasteiger charge is 2.51. The first kappa shape index (κ1) is 17.2. The van der Waals surface area contributed by atoms with Crippen molar-refractivity contribution in [3.05, 3.63) is 35.9 Å². The Balaban J connectivity index is 1.68. The number of carbonyl (C=O) groups excluding carboxylic acids is 1. The van der Waals surface area contributed by atoms with Gasteiger partial charge in [0.15, 0.2) is 0 Å². The third-order valence-electron chi connectivity index (χ3n) is 4.73. The molecule has 1 aromatic rings. The van der Waals surface area contributed by atoms with Gasteiger partial charge in [-0.25, -0.2) is 4.79 Å². The van der Waals surface area contributed by atoms with E-state index in [4.69, 9.17) is 9.47 Å². The number of hydrogen-bond acceptors (Lipinski definition) is 4. The van der Waals surface area contributed by atoms with E-state index in [-0.39, 0.29) is 17.7 Å². The number of nitrogens with zero attached hydrogens (tertiary/aromatic N) is 1. The molecule has 2 aliphatic heterocycles. The zero-order chi connectivity index (χ0) is 17.2. The Hall–Kier alpha value is -1.59. The Bertz CT molecular complexity index is 564. The van der Waals surface area contributed by atoms with Crippen LogP contribution in [0.2, 0.25) is 0 Å². The molecule has 5 heteroatoms. The van der Waals surface area contributed by atoms with Crippen LogP contribution in [0.1, 0.15) is 39.2 Å². The fraction of sp³-hybridized carbons (Fsp3) is 0.632. The van der Waals surface area contributed by atoms with Gasteiger partial charge in [0.2, 0.25) is 0 Å². The molecule has 2 aliphatic rings. The van der Waals surface area contributed by atoms with Gasteiger partial charge in [0.1, 0.15) is 5.60 Å². The van der Waals surface area contributed by atoms with Crippen LogP contribution in [0.15, 0.2) is 30.3 Å². The average Bonchev–Trinajstić information content (AvgIpc) is 2.95. The third-order valence-corrected chi connectivity index (χ3v) is 4.73. The number of benzene rings is 1. The summed E-state index contributed by atoms with van der Waals surface area (Å²) in [4.78, 5) is 14.5. The summed E-state index contributed by atoms with van der Waals surface area (Å²) in [7, 11) is 0. The molecule has 0 saturated carbocycles. The maximum absolute atomic E-state index is 12.6. The molecule has 1 amide bonds. The zero-order valence-electron chi connectivity index (χ0n) is 14.9. The van der Waals surface area contributed by atoms with Gasteiger partial charge in [-0.3, -0.25) is 0 Å². The first-order valence-electron chi connectivity index (χ1n) is 8.76. The highest BCUT2D eigenvalue weighted by atomic mass is 16.6. The van der Waals surface area contributed by atoms with Crippen molar-refractivity contribution in [3.8, 4) is 0 Å². The Morgan fingerprint density at radius 2 is 2.04 bits per heavy atom. The van der Waals surface area contributed by atoms with E-state index in [0.29, 0.717) is 13.2 Å². The van der Waals surface area contributed by atoms with Crippen molar-refractivity contribution in [2.75, 3.05) is 19.8 Å². The summed E-state index contributed by atoms with van der Waals surface area (Å²) < 4.78 is 11.1. The number of ether oxygens (including phenoxy) is 2. The molecule has 0 spiro atoms. The molecule has 5 nitrogen and oxygen atoms in total. The smallest absolute Gasteiger partial charge is 0.410 e. The molecule has 0 aromatic heterocycles. The lowest BCUT2D eigenvalue weighted by Gasteiger charge is -2.49. The number of likely N-dealkylation sites (tertiary alicyclic amines) is 1. The molecule has 0 aliphatic carbocycles. The van der Waals surface area contributed by atoms with Crippen molar-refractivity contribution < 1.29 is 14.3 Å². The standard InChI is InChI=1S/C19H28N2O3/c1-18(2,3)24-17(22)21-11-7-10-16(21)19(13-23-14-19)20-12-15-8-5-4-6-9-15/h4-6,8-9,16,20H,7,10-14H2,1-3H3/t16-/m1/s1. The lowest BCUT2D eigenvalue weighted by atomic mass is 9.86. The monoisotopic (exact) mass is 332 g/mol. The lowest BCUT2D eigenvalue weighted by molar-refractivity contribution is -0.109. The van der Waals surface area contributed by atoms with Crippen LogP contribution in [-0.4, -0.2) is 47.9 Å². The fourth-order valence-corrected chi connectivity index (χ4v) is 3.49. The third kappa shape index (κ3) is 3.73. The summed E-state index contributed by atoms with van der Waals surface area (Å²) in [5.41, 5.74) is 0.611. The zero-order valence-corrected chi connectivity index (χ0v) is 14.9. The van der Waals surface area contributed by atoms with E-state index in [0.717, 1.165) is 25.9 Å². The summed E-state index contributed by atoms with van der Waals surface area (Å²) in [6, 6.07) is 10.5.